The third kappa shape index (κ3) is 5.16. The maximum absolute atomic E-state index is 12.3. The second-order valence-corrected chi connectivity index (χ2v) is 8.50. The van der Waals surface area contributed by atoms with Gasteiger partial charge in [-0.1, -0.05) is 24.3 Å². The van der Waals surface area contributed by atoms with Gasteiger partial charge in [0, 0.05) is 19.2 Å². The Labute approximate surface area is 148 Å². The van der Waals surface area contributed by atoms with E-state index in [0.29, 0.717) is 6.42 Å². The Morgan fingerprint density at radius 2 is 2.00 bits per heavy atom. The Morgan fingerprint density at radius 1 is 1.32 bits per heavy atom. The number of hydrogen-bond donors (Lipinski definition) is 0. The van der Waals surface area contributed by atoms with E-state index in [-0.39, 0.29) is 17.5 Å². The summed E-state index contributed by atoms with van der Waals surface area (Å²) in [6.45, 7) is 3.42. The van der Waals surface area contributed by atoms with E-state index in [9.17, 15) is 18.0 Å². The lowest BCUT2D eigenvalue weighted by atomic mass is 10.1. The van der Waals surface area contributed by atoms with Crippen molar-refractivity contribution in [3.63, 3.8) is 0 Å². The van der Waals surface area contributed by atoms with Crippen LogP contribution in [-0.4, -0.2) is 55.9 Å². The maximum atomic E-state index is 12.3. The topological polar surface area (TPSA) is 80.8 Å². The van der Waals surface area contributed by atoms with E-state index < -0.39 is 27.8 Å². The molecule has 0 N–H and O–H groups in total. The van der Waals surface area contributed by atoms with Crippen LogP contribution < -0.4 is 0 Å². The SMILES string of the molecule is Cc1ccccc1/C=C/C(=O)O[C@@H](C)C(=O)N(C)[C@@H]1CCS(=O)(=O)C1. The molecule has 1 amide bonds. The molecule has 0 spiro atoms. The predicted molar refractivity (Wildman–Crippen MR) is 95.6 cm³/mol. The summed E-state index contributed by atoms with van der Waals surface area (Å²) in [7, 11) is -1.54. The fourth-order valence-electron chi connectivity index (χ4n) is 2.74. The number of ether oxygens (including phenoxy) is 1. The van der Waals surface area contributed by atoms with Crippen LogP contribution >= 0.6 is 0 Å². The Morgan fingerprint density at radius 3 is 2.60 bits per heavy atom. The molecule has 1 aliphatic rings. The van der Waals surface area contributed by atoms with E-state index in [2.05, 4.69) is 0 Å². The van der Waals surface area contributed by atoms with E-state index in [0.717, 1.165) is 11.1 Å². The van der Waals surface area contributed by atoms with E-state index in [1.807, 2.05) is 31.2 Å². The fraction of sp³-hybridized carbons (Fsp3) is 0.444. The van der Waals surface area contributed by atoms with Crippen LogP contribution in [0.5, 0.6) is 0 Å². The van der Waals surface area contributed by atoms with Crippen LogP contribution in [0.2, 0.25) is 0 Å². The molecule has 2 atom stereocenters. The lowest BCUT2D eigenvalue weighted by Gasteiger charge is -2.26. The van der Waals surface area contributed by atoms with Crippen molar-refractivity contribution in [3.05, 3.63) is 41.5 Å². The molecule has 1 saturated heterocycles. The highest BCUT2D eigenvalue weighted by Gasteiger charge is 2.34. The van der Waals surface area contributed by atoms with Crippen molar-refractivity contribution in [2.45, 2.75) is 32.4 Å². The number of rotatable bonds is 5. The van der Waals surface area contributed by atoms with Gasteiger partial charge in [-0.05, 0) is 37.5 Å². The molecule has 0 radical (unpaired) electrons. The highest BCUT2D eigenvalue weighted by molar-refractivity contribution is 7.91. The summed E-state index contributed by atoms with van der Waals surface area (Å²) in [5, 5.41) is 0. The zero-order valence-electron chi connectivity index (χ0n) is 14.6. The molecule has 2 rings (SSSR count). The van der Waals surface area contributed by atoms with Gasteiger partial charge >= 0.3 is 5.97 Å². The van der Waals surface area contributed by atoms with Gasteiger partial charge < -0.3 is 9.64 Å². The molecule has 25 heavy (non-hydrogen) atoms. The summed E-state index contributed by atoms with van der Waals surface area (Å²) in [5.41, 5.74) is 1.92. The Balaban J connectivity index is 1.92. The van der Waals surface area contributed by atoms with Gasteiger partial charge in [-0.25, -0.2) is 13.2 Å². The van der Waals surface area contributed by atoms with Crippen molar-refractivity contribution >= 4 is 27.8 Å². The van der Waals surface area contributed by atoms with Crippen LogP contribution in [0.3, 0.4) is 0 Å². The number of hydrogen-bond acceptors (Lipinski definition) is 5. The molecule has 0 aromatic heterocycles. The van der Waals surface area contributed by atoms with Crippen LogP contribution in [0.25, 0.3) is 6.08 Å². The zero-order chi connectivity index (χ0) is 18.6. The predicted octanol–water partition coefficient (Wildman–Crippen LogP) is 1.59. The number of carbonyl (C=O) groups excluding carboxylic acids is 2. The molecule has 7 heteroatoms. The van der Waals surface area contributed by atoms with E-state index >= 15 is 0 Å². The lowest BCUT2D eigenvalue weighted by molar-refractivity contribution is -0.155. The maximum Gasteiger partial charge on any atom is 0.331 e. The molecule has 0 saturated carbocycles. The first kappa shape index (κ1) is 19.2. The van der Waals surface area contributed by atoms with Crippen molar-refractivity contribution in [2.75, 3.05) is 18.6 Å². The number of likely N-dealkylation sites (N-methyl/N-ethyl adjacent to an activating group) is 1. The van der Waals surface area contributed by atoms with Gasteiger partial charge in [-0.15, -0.1) is 0 Å². The third-order valence-electron chi connectivity index (χ3n) is 4.33. The third-order valence-corrected chi connectivity index (χ3v) is 6.08. The van der Waals surface area contributed by atoms with Gasteiger partial charge in [-0.3, -0.25) is 4.79 Å². The summed E-state index contributed by atoms with van der Waals surface area (Å²) in [6, 6.07) is 7.23. The van der Waals surface area contributed by atoms with Crippen LogP contribution in [0.4, 0.5) is 0 Å². The fourth-order valence-corrected chi connectivity index (χ4v) is 4.52. The minimum Gasteiger partial charge on any atom is -0.449 e. The first-order valence-corrected chi connectivity index (χ1v) is 9.93. The normalized spacial score (nSPS) is 20.4. The smallest absolute Gasteiger partial charge is 0.331 e. The van der Waals surface area contributed by atoms with Crippen molar-refractivity contribution in [3.8, 4) is 0 Å². The first-order valence-electron chi connectivity index (χ1n) is 8.11. The van der Waals surface area contributed by atoms with Crippen molar-refractivity contribution < 1.29 is 22.7 Å². The van der Waals surface area contributed by atoms with Crippen LogP contribution in [0, 0.1) is 6.92 Å². The second-order valence-electron chi connectivity index (χ2n) is 6.28. The van der Waals surface area contributed by atoms with E-state index in [1.54, 1.807) is 13.1 Å². The highest BCUT2D eigenvalue weighted by Crippen LogP contribution is 2.17. The summed E-state index contributed by atoms with van der Waals surface area (Å²) in [4.78, 5) is 25.6. The molecular formula is C18H23NO5S. The number of aryl methyl sites for hydroxylation is 1. The number of carbonyl (C=O) groups is 2. The van der Waals surface area contributed by atoms with Gasteiger partial charge in [0.25, 0.3) is 5.91 Å². The molecule has 1 aromatic carbocycles. The van der Waals surface area contributed by atoms with E-state index in [1.165, 1.54) is 17.9 Å². The van der Waals surface area contributed by atoms with Crippen LogP contribution in [0.15, 0.2) is 30.3 Å². The molecule has 1 aliphatic heterocycles. The summed E-state index contributed by atoms with van der Waals surface area (Å²) >= 11 is 0. The summed E-state index contributed by atoms with van der Waals surface area (Å²) in [6.07, 6.45) is 2.37. The molecular weight excluding hydrogens is 342 g/mol. The molecule has 0 unspecified atom stereocenters. The molecule has 6 nitrogen and oxygen atoms in total. The van der Waals surface area contributed by atoms with Crippen LogP contribution in [0.1, 0.15) is 24.5 Å². The zero-order valence-corrected chi connectivity index (χ0v) is 15.5. The summed E-state index contributed by atoms with van der Waals surface area (Å²) < 4.78 is 28.2. The Hall–Kier alpha value is -2.15. The lowest BCUT2D eigenvalue weighted by Crippen LogP contribution is -2.44. The van der Waals surface area contributed by atoms with Crippen molar-refractivity contribution in [2.24, 2.45) is 0 Å². The quantitative estimate of drug-likeness (QED) is 0.585. The van der Waals surface area contributed by atoms with Gasteiger partial charge in [0.2, 0.25) is 0 Å². The molecule has 1 fully saturated rings. The van der Waals surface area contributed by atoms with Crippen LogP contribution in [-0.2, 0) is 24.2 Å². The van der Waals surface area contributed by atoms with Crippen molar-refractivity contribution in [1.82, 2.24) is 4.90 Å². The Bertz CT molecular complexity index is 784. The Kier molecular flexibility index (Phi) is 6.00. The minimum atomic E-state index is -3.08. The monoisotopic (exact) mass is 365 g/mol. The van der Waals surface area contributed by atoms with Gasteiger partial charge in [0.05, 0.1) is 11.5 Å². The molecule has 136 valence electrons. The van der Waals surface area contributed by atoms with Gasteiger partial charge in [0.1, 0.15) is 0 Å². The molecule has 0 aliphatic carbocycles. The van der Waals surface area contributed by atoms with Crippen molar-refractivity contribution in [1.29, 1.82) is 0 Å². The van der Waals surface area contributed by atoms with Gasteiger partial charge in [0.15, 0.2) is 15.9 Å². The average Bonchev–Trinajstić information content (AvgIpc) is 2.92. The number of benzene rings is 1. The highest BCUT2D eigenvalue weighted by atomic mass is 32.2. The number of amides is 1. The average molecular weight is 365 g/mol. The number of esters is 1. The summed E-state index contributed by atoms with van der Waals surface area (Å²) in [5.74, 6) is -0.970. The largest absolute Gasteiger partial charge is 0.449 e. The molecule has 1 aromatic rings. The first-order chi connectivity index (χ1) is 11.7. The second kappa shape index (κ2) is 7.82. The number of sulfone groups is 1. The van der Waals surface area contributed by atoms with E-state index in [4.69, 9.17) is 4.74 Å². The minimum absolute atomic E-state index is 0.0386. The molecule has 0 bridgehead atoms. The number of nitrogens with zero attached hydrogens (tertiary/aromatic N) is 1. The van der Waals surface area contributed by atoms with Gasteiger partial charge in [-0.2, -0.15) is 0 Å². The molecule has 1 heterocycles. The standard InChI is InChI=1S/C18H23NO5S/c1-13-6-4-5-7-15(13)8-9-17(20)24-14(2)18(21)19(3)16-10-11-25(22,23)12-16/h4-9,14,16H,10-12H2,1-3H3/b9-8+/t14-,16+/m0/s1.